The molecule has 0 aliphatic carbocycles. The van der Waals surface area contributed by atoms with Gasteiger partial charge in [0, 0.05) is 5.69 Å². The highest BCUT2D eigenvalue weighted by Gasteiger charge is 2.24. The number of benzene rings is 2. The van der Waals surface area contributed by atoms with Crippen molar-refractivity contribution in [1.29, 1.82) is 0 Å². The highest BCUT2D eigenvalue weighted by Crippen LogP contribution is 2.23. The molecule has 0 fully saturated rings. The maximum Gasteiger partial charge on any atom is 0.246 e. The number of nitrogens with one attached hydrogen (secondary N) is 2. The van der Waals surface area contributed by atoms with Crippen LogP contribution in [-0.4, -0.2) is 5.91 Å². The van der Waals surface area contributed by atoms with Gasteiger partial charge in [0.25, 0.3) is 0 Å². The first kappa shape index (κ1) is 18.0. The van der Waals surface area contributed by atoms with Gasteiger partial charge >= 0.3 is 0 Å². The van der Waals surface area contributed by atoms with E-state index in [0.29, 0.717) is 0 Å². The molecule has 1 heterocycles. The summed E-state index contributed by atoms with van der Waals surface area (Å²) >= 11 is 0. The molecule has 0 aliphatic rings. The summed E-state index contributed by atoms with van der Waals surface area (Å²) in [5.74, 6) is 0.703. The van der Waals surface area contributed by atoms with Crippen LogP contribution in [0.3, 0.4) is 0 Å². The van der Waals surface area contributed by atoms with E-state index in [1.807, 2.05) is 81.4 Å². The average Bonchev–Trinajstić information content (AvgIpc) is 3.18. The van der Waals surface area contributed by atoms with Crippen LogP contribution in [0.15, 0.2) is 71.3 Å². The number of anilines is 1. The van der Waals surface area contributed by atoms with Gasteiger partial charge in [-0.15, -0.1) is 0 Å². The number of aryl methyl sites for hydroxylation is 2. The minimum atomic E-state index is -0.490. The van der Waals surface area contributed by atoms with Gasteiger partial charge in [0.2, 0.25) is 5.91 Å². The van der Waals surface area contributed by atoms with Gasteiger partial charge in [-0.2, -0.15) is 0 Å². The zero-order valence-corrected chi connectivity index (χ0v) is 15.3. The second-order valence-corrected chi connectivity index (χ2v) is 6.56. The van der Waals surface area contributed by atoms with Crippen molar-refractivity contribution < 1.29 is 9.21 Å². The summed E-state index contributed by atoms with van der Waals surface area (Å²) in [5, 5.41) is 6.45. The molecule has 134 valence electrons. The molecule has 0 saturated carbocycles. The van der Waals surface area contributed by atoms with E-state index in [1.54, 1.807) is 6.26 Å². The van der Waals surface area contributed by atoms with Gasteiger partial charge < -0.3 is 9.73 Å². The molecule has 2 aromatic carbocycles. The van der Waals surface area contributed by atoms with Crippen LogP contribution >= 0.6 is 0 Å². The molecule has 0 spiro atoms. The Morgan fingerprint density at radius 1 is 1.00 bits per heavy atom. The molecule has 0 aliphatic heterocycles. The third-order valence-corrected chi connectivity index (χ3v) is 4.43. The maximum absolute atomic E-state index is 13.1. The lowest BCUT2D eigenvalue weighted by atomic mass is 10.0. The van der Waals surface area contributed by atoms with Crippen LogP contribution in [0.1, 0.15) is 41.5 Å². The summed E-state index contributed by atoms with van der Waals surface area (Å²) in [6, 6.07) is 18.9. The van der Waals surface area contributed by atoms with E-state index in [0.717, 1.165) is 28.1 Å². The van der Waals surface area contributed by atoms with Gasteiger partial charge in [0.1, 0.15) is 11.8 Å². The van der Waals surface area contributed by atoms with Gasteiger partial charge in [-0.3, -0.25) is 10.1 Å². The van der Waals surface area contributed by atoms with Crippen molar-refractivity contribution in [3.05, 3.63) is 89.4 Å². The van der Waals surface area contributed by atoms with Gasteiger partial charge in [-0.1, -0.05) is 42.5 Å². The summed E-state index contributed by atoms with van der Waals surface area (Å²) in [5.41, 5.74) is 3.89. The van der Waals surface area contributed by atoms with Crippen LogP contribution in [0.5, 0.6) is 0 Å². The van der Waals surface area contributed by atoms with E-state index >= 15 is 0 Å². The van der Waals surface area contributed by atoms with Crippen molar-refractivity contribution >= 4 is 11.6 Å². The zero-order chi connectivity index (χ0) is 18.5. The normalized spacial score (nSPS) is 13.2. The van der Waals surface area contributed by atoms with E-state index in [2.05, 4.69) is 10.6 Å². The maximum atomic E-state index is 13.1. The van der Waals surface area contributed by atoms with E-state index in [1.165, 1.54) is 0 Å². The summed E-state index contributed by atoms with van der Waals surface area (Å²) < 4.78 is 5.47. The van der Waals surface area contributed by atoms with Gasteiger partial charge in [-0.25, -0.2) is 0 Å². The number of amides is 1. The molecule has 2 atom stereocenters. The van der Waals surface area contributed by atoms with Crippen LogP contribution < -0.4 is 10.6 Å². The van der Waals surface area contributed by atoms with Crippen LogP contribution in [0.4, 0.5) is 5.69 Å². The lowest BCUT2D eigenvalue weighted by molar-refractivity contribution is -0.118. The largest absolute Gasteiger partial charge is 0.468 e. The second kappa shape index (κ2) is 8.02. The summed E-state index contributed by atoms with van der Waals surface area (Å²) in [7, 11) is 0. The second-order valence-electron chi connectivity index (χ2n) is 6.56. The van der Waals surface area contributed by atoms with Crippen molar-refractivity contribution in [1.82, 2.24) is 5.32 Å². The molecule has 0 radical (unpaired) electrons. The van der Waals surface area contributed by atoms with Crippen molar-refractivity contribution in [2.24, 2.45) is 0 Å². The molecule has 0 unspecified atom stereocenters. The lowest BCUT2D eigenvalue weighted by Crippen LogP contribution is -2.34. The summed E-state index contributed by atoms with van der Waals surface area (Å²) in [6.45, 7) is 5.99. The number of carbonyl (C=O) groups excluding carboxylic acids is 1. The Morgan fingerprint density at radius 3 is 2.46 bits per heavy atom. The molecule has 4 nitrogen and oxygen atoms in total. The Kier molecular flexibility index (Phi) is 5.54. The monoisotopic (exact) mass is 348 g/mol. The average molecular weight is 348 g/mol. The Morgan fingerprint density at radius 2 is 1.77 bits per heavy atom. The van der Waals surface area contributed by atoms with Gasteiger partial charge in [0.05, 0.1) is 12.3 Å². The van der Waals surface area contributed by atoms with Crippen LogP contribution in [-0.2, 0) is 4.79 Å². The fourth-order valence-electron chi connectivity index (χ4n) is 2.91. The SMILES string of the molecule is Cc1ccc(C)c(NC(=O)[C@@H](N[C@@H](C)c2ccco2)c2ccccc2)c1. The Bertz CT molecular complexity index is 857. The fraction of sp³-hybridized carbons (Fsp3) is 0.227. The van der Waals surface area contributed by atoms with Crippen molar-refractivity contribution in [2.75, 3.05) is 5.32 Å². The Labute approximate surface area is 154 Å². The molecule has 2 N–H and O–H groups in total. The molecular formula is C22H24N2O2. The first-order valence-electron chi connectivity index (χ1n) is 8.77. The Hall–Kier alpha value is -2.85. The van der Waals surface area contributed by atoms with Gasteiger partial charge in [-0.05, 0) is 55.7 Å². The summed E-state index contributed by atoms with van der Waals surface area (Å²) in [4.78, 5) is 13.1. The zero-order valence-electron chi connectivity index (χ0n) is 15.3. The van der Waals surface area contributed by atoms with E-state index < -0.39 is 6.04 Å². The molecule has 0 bridgehead atoms. The Balaban J connectivity index is 1.85. The molecule has 1 amide bonds. The van der Waals surface area contributed by atoms with Gasteiger partial charge in [0.15, 0.2) is 0 Å². The highest BCUT2D eigenvalue weighted by molar-refractivity contribution is 5.96. The van der Waals surface area contributed by atoms with E-state index in [4.69, 9.17) is 4.42 Å². The number of carbonyl (C=O) groups is 1. The predicted molar refractivity (Wildman–Crippen MR) is 104 cm³/mol. The number of furan rings is 1. The van der Waals surface area contributed by atoms with Crippen LogP contribution in [0.2, 0.25) is 0 Å². The highest BCUT2D eigenvalue weighted by atomic mass is 16.3. The van der Waals surface area contributed by atoms with Crippen LogP contribution in [0.25, 0.3) is 0 Å². The number of rotatable bonds is 6. The number of hydrogen-bond acceptors (Lipinski definition) is 3. The van der Waals surface area contributed by atoms with Crippen molar-refractivity contribution in [2.45, 2.75) is 32.9 Å². The van der Waals surface area contributed by atoms with Crippen molar-refractivity contribution in [3.8, 4) is 0 Å². The van der Waals surface area contributed by atoms with E-state index in [-0.39, 0.29) is 11.9 Å². The minimum Gasteiger partial charge on any atom is -0.468 e. The molecule has 3 rings (SSSR count). The molecule has 3 aromatic rings. The standard InChI is InChI=1S/C22H24N2O2/c1-15-11-12-16(2)19(14-15)24-22(25)21(18-8-5-4-6-9-18)23-17(3)20-10-7-13-26-20/h4-14,17,21,23H,1-3H3,(H,24,25)/t17-,21-/m0/s1. The van der Waals surface area contributed by atoms with Crippen LogP contribution in [0, 0.1) is 13.8 Å². The molecule has 26 heavy (non-hydrogen) atoms. The van der Waals surface area contributed by atoms with E-state index in [9.17, 15) is 4.79 Å². The predicted octanol–water partition coefficient (Wildman–Crippen LogP) is 4.93. The summed E-state index contributed by atoms with van der Waals surface area (Å²) in [6.07, 6.45) is 1.64. The van der Waals surface area contributed by atoms with Crippen molar-refractivity contribution in [3.63, 3.8) is 0 Å². The molecular weight excluding hydrogens is 324 g/mol. The third-order valence-electron chi connectivity index (χ3n) is 4.43. The topological polar surface area (TPSA) is 54.3 Å². The minimum absolute atomic E-state index is 0.0942. The molecule has 1 aromatic heterocycles. The first-order valence-corrected chi connectivity index (χ1v) is 8.77. The first-order chi connectivity index (χ1) is 12.5. The lowest BCUT2D eigenvalue weighted by Gasteiger charge is -2.23. The molecule has 4 heteroatoms. The third kappa shape index (κ3) is 4.21. The number of hydrogen-bond donors (Lipinski definition) is 2. The smallest absolute Gasteiger partial charge is 0.246 e. The molecule has 0 saturated heterocycles. The fourth-order valence-corrected chi connectivity index (χ4v) is 2.91. The quantitative estimate of drug-likeness (QED) is 0.664.